The summed E-state index contributed by atoms with van der Waals surface area (Å²) in [5, 5.41) is 7.20. The summed E-state index contributed by atoms with van der Waals surface area (Å²) in [4.78, 5) is 11.0. The molecule has 0 bridgehead atoms. The molecule has 5 heteroatoms. The first-order valence-corrected chi connectivity index (χ1v) is 5.45. The van der Waals surface area contributed by atoms with Crippen molar-refractivity contribution >= 4 is 22.0 Å². The summed E-state index contributed by atoms with van der Waals surface area (Å²) in [7, 11) is 0. The zero-order valence-electron chi connectivity index (χ0n) is 8.66. The van der Waals surface area contributed by atoms with Gasteiger partial charge in [0.25, 0.3) is 0 Å². The van der Waals surface area contributed by atoms with Crippen molar-refractivity contribution in [3.05, 3.63) is 11.8 Å². The van der Waals surface area contributed by atoms with Gasteiger partial charge in [0, 0.05) is 4.83 Å². The van der Waals surface area contributed by atoms with Gasteiger partial charge in [-0.25, -0.2) is 4.79 Å². The third kappa shape index (κ3) is 6.77. The molecular formula is C9H15BrN2O2. The van der Waals surface area contributed by atoms with E-state index in [0.717, 1.165) is 12.1 Å². The number of hydrogen-bond donors (Lipinski definition) is 0. The second kappa shape index (κ2) is 7.67. The molecule has 0 aliphatic rings. The van der Waals surface area contributed by atoms with Crippen LogP contribution in [0.15, 0.2) is 22.0 Å². The molecule has 80 valence electrons. The third-order valence-electron chi connectivity index (χ3n) is 1.31. The van der Waals surface area contributed by atoms with Crippen molar-refractivity contribution in [2.75, 3.05) is 6.61 Å². The number of carbonyl (C=O) groups is 1. The van der Waals surface area contributed by atoms with E-state index < -0.39 is 6.09 Å². The summed E-state index contributed by atoms with van der Waals surface area (Å²) < 4.78 is 4.60. The van der Waals surface area contributed by atoms with Crippen LogP contribution in [-0.4, -0.2) is 17.5 Å². The number of hydrogen-bond acceptors (Lipinski definition) is 3. The molecule has 0 spiro atoms. The van der Waals surface area contributed by atoms with Crippen molar-refractivity contribution < 1.29 is 9.53 Å². The highest BCUT2D eigenvalue weighted by atomic mass is 79.9. The quantitative estimate of drug-likeness (QED) is 0.574. The van der Waals surface area contributed by atoms with E-state index in [1.54, 1.807) is 6.92 Å². The van der Waals surface area contributed by atoms with Crippen LogP contribution < -0.4 is 0 Å². The predicted molar refractivity (Wildman–Crippen MR) is 58.6 cm³/mol. The van der Waals surface area contributed by atoms with E-state index in [9.17, 15) is 4.79 Å². The van der Waals surface area contributed by atoms with Crippen molar-refractivity contribution in [1.82, 2.24) is 0 Å². The number of amides is 1. The third-order valence-corrected chi connectivity index (χ3v) is 1.58. The minimum Gasteiger partial charge on any atom is -0.447 e. The van der Waals surface area contributed by atoms with Crippen molar-refractivity contribution in [3.8, 4) is 0 Å². The van der Waals surface area contributed by atoms with Crippen molar-refractivity contribution in [2.45, 2.75) is 32.0 Å². The Morgan fingerprint density at radius 1 is 1.50 bits per heavy atom. The lowest BCUT2D eigenvalue weighted by molar-refractivity contribution is 0.161. The molecule has 0 heterocycles. The first-order valence-electron chi connectivity index (χ1n) is 4.53. The first-order chi connectivity index (χ1) is 6.60. The first kappa shape index (κ1) is 13.3. The van der Waals surface area contributed by atoms with E-state index in [1.165, 1.54) is 0 Å². The number of allylic oxidation sites excluding steroid dienone is 2. The van der Waals surface area contributed by atoms with Gasteiger partial charge in [0.05, 0.1) is 12.3 Å². The molecule has 1 atom stereocenters. The van der Waals surface area contributed by atoms with Gasteiger partial charge in [-0.3, -0.25) is 0 Å². The fourth-order valence-corrected chi connectivity index (χ4v) is 1.05. The fraction of sp³-hybridized carbons (Fsp3) is 0.667. The Bertz CT molecular complexity index is 237. The molecule has 0 fully saturated rings. The molecular weight excluding hydrogens is 248 g/mol. The number of rotatable bonds is 4. The average Bonchev–Trinajstić information content (AvgIpc) is 2.12. The Balaban J connectivity index is 4.24. The van der Waals surface area contributed by atoms with Crippen LogP contribution in [0.3, 0.4) is 0 Å². The van der Waals surface area contributed by atoms with Crippen LogP contribution in [0, 0.1) is 0 Å². The number of alkyl halides is 1. The molecule has 1 amide bonds. The Hall–Kier alpha value is -0.710. The summed E-state index contributed by atoms with van der Waals surface area (Å²) in [6.07, 6.45) is 1.98. The number of azo groups is 1. The number of ether oxygens (including phenoxy) is 1. The normalized spacial score (nSPS) is 14.4. The highest BCUT2D eigenvalue weighted by molar-refractivity contribution is 9.09. The molecule has 0 N–H and O–H groups in total. The monoisotopic (exact) mass is 262 g/mol. The van der Waals surface area contributed by atoms with E-state index in [2.05, 4.69) is 30.9 Å². The lowest BCUT2D eigenvalue weighted by Crippen LogP contribution is -1.96. The molecule has 0 aliphatic carbocycles. The van der Waals surface area contributed by atoms with Gasteiger partial charge >= 0.3 is 6.09 Å². The number of nitrogens with zero attached hydrogens (tertiary/aromatic N) is 2. The number of halogens is 1. The summed E-state index contributed by atoms with van der Waals surface area (Å²) in [5.41, 5.74) is 0.766. The summed E-state index contributed by atoms with van der Waals surface area (Å²) >= 11 is 3.36. The molecule has 0 aromatic carbocycles. The van der Waals surface area contributed by atoms with E-state index >= 15 is 0 Å². The maximum Gasteiger partial charge on any atom is 0.452 e. The topological polar surface area (TPSA) is 51.0 Å². The summed E-state index contributed by atoms with van der Waals surface area (Å²) in [5.74, 6) is 0. The van der Waals surface area contributed by atoms with Gasteiger partial charge in [0.2, 0.25) is 0 Å². The van der Waals surface area contributed by atoms with Gasteiger partial charge < -0.3 is 4.74 Å². The SMILES string of the molecule is CCOC(=O)N=N/C(=C/C(C)Br)CC. The molecule has 0 aromatic rings. The van der Waals surface area contributed by atoms with Gasteiger partial charge in [-0.05, 0) is 26.3 Å². The highest BCUT2D eigenvalue weighted by Crippen LogP contribution is 2.09. The van der Waals surface area contributed by atoms with Crippen LogP contribution in [-0.2, 0) is 4.74 Å². The van der Waals surface area contributed by atoms with Gasteiger partial charge in [-0.2, -0.15) is 0 Å². The lowest BCUT2D eigenvalue weighted by Gasteiger charge is -1.98. The second-order valence-corrected chi connectivity index (χ2v) is 4.03. The van der Waals surface area contributed by atoms with E-state index in [-0.39, 0.29) is 4.83 Å². The lowest BCUT2D eigenvalue weighted by atomic mass is 10.3. The van der Waals surface area contributed by atoms with Crippen LogP contribution in [0.25, 0.3) is 0 Å². The molecule has 14 heavy (non-hydrogen) atoms. The molecule has 0 aromatic heterocycles. The standard InChI is InChI=1S/C9H15BrN2O2/c1-4-8(6-7(3)10)11-12-9(13)14-5-2/h6-7H,4-5H2,1-3H3/b8-6+,12-11?. The van der Waals surface area contributed by atoms with Crippen LogP contribution in [0.2, 0.25) is 0 Å². The molecule has 0 radical (unpaired) electrons. The molecule has 4 nitrogen and oxygen atoms in total. The van der Waals surface area contributed by atoms with Gasteiger partial charge in [0.15, 0.2) is 0 Å². The highest BCUT2D eigenvalue weighted by Gasteiger charge is 1.99. The van der Waals surface area contributed by atoms with E-state index in [4.69, 9.17) is 0 Å². The maximum atomic E-state index is 10.8. The van der Waals surface area contributed by atoms with E-state index in [0.29, 0.717) is 6.61 Å². The van der Waals surface area contributed by atoms with Crippen LogP contribution >= 0.6 is 15.9 Å². The van der Waals surface area contributed by atoms with Crippen LogP contribution in [0.4, 0.5) is 4.79 Å². The number of carbonyl (C=O) groups excluding carboxylic acids is 1. The average molecular weight is 263 g/mol. The minimum absolute atomic E-state index is 0.221. The molecule has 1 unspecified atom stereocenters. The minimum atomic E-state index is -0.644. The second-order valence-electron chi connectivity index (χ2n) is 2.59. The van der Waals surface area contributed by atoms with Crippen molar-refractivity contribution in [2.24, 2.45) is 10.2 Å². The zero-order valence-corrected chi connectivity index (χ0v) is 10.2. The Labute approximate surface area is 92.6 Å². The van der Waals surface area contributed by atoms with Gasteiger partial charge in [0.1, 0.15) is 0 Å². The molecule has 0 rings (SSSR count). The molecule has 0 saturated heterocycles. The van der Waals surface area contributed by atoms with Crippen molar-refractivity contribution in [1.29, 1.82) is 0 Å². The maximum absolute atomic E-state index is 10.8. The largest absolute Gasteiger partial charge is 0.452 e. The fourth-order valence-electron chi connectivity index (χ4n) is 0.744. The van der Waals surface area contributed by atoms with Crippen molar-refractivity contribution in [3.63, 3.8) is 0 Å². The molecule has 0 aliphatic heterocycles. The predicted octanol–water partition coefficient (Wildman–Crippen LogP) is 3.67. The zero-order chi connectivity index (χ0) is 11.0. The Kier molecular flexibility index (Phi) is 7.28. The molecule has 0 saturated carbocycles. The smallest absolute Gasteiger partial charge is 0.447 e. The Morgan fingerprint density at radius 2 is 2.14 bits per heavy atom. The summed E-state index contributed by atoms with van der Waals surface area (Å²) in [6.45, 7) is 5.96. The Morgan fingerprint density at radius 3 is 2.57 bits per heavy atom. The van der Waals surface area contributed by atoms with Gasteiger partial charge in [-0.15, -0.1) is 5.11 Å². The summed E-state index contributed by atoms with van der Waals surface area (Å²) in [6, 6.07) is 0. The van der Waals surface area contributed by atoms with Gasteiger partial charge in [-0.1, -0.05) is 28.0 Å². The van der Waals surface area contributed by atoms with Crippen LogP contribution in [0.5, 0.6) is 0 Å². The van der Waals surface area contributed by atoms with E-state index in [1.807, 2.05) is 19.9 Å². The van der Waals surface area contributed by atoms with Crippen LogP contribution in [0.1, 0.15) is 27.2 Å².